The van der Waals surface area contributed by atoms with Crippen LogP contribution in [0.3, 0.4) is 0 Å². The molecule has 0 spiro atoms. The molecule has 2 heteroatoms. The third-order valence-electron chi connectivity index (χ3n) is 2.37. The van der Waals surface area contributed by atoms with Crippen LogP contribution in [-0.2, 0) is 0 Å². The maximum atomic E-state index is 5.63. The van der Waals surface area contributed by atoms with Crippen molar-refractivity contribution in [2.75, 3.05) is 0 Å². The summed E-state index contributed by atoms with van der Waals surface area (Å²) in [4.78, 5) is 0. The predicted molar refractivity (Wildman–Crippen MR) is 63.6 cm³/mol. The summed E-state index contributed by atoms with van der Waals surface area (Å²) in [5.74, 6) is 0. The van der Waals surface area contributed by atoms with E-state index in [1.165, 1.54) is 63.8 Å². The molecule has 0 aromatic rings. The van der Waals surface area contributed by atoms with Gasteiger partial charge in [0.1, 0.15) is 0 Å². The van der Waals surface area contributed by atoms with E-state index in [2.05, 4.69) is 6.92 Å². The van der Waals surface area contributed by atoms with Gasteiger partial charge >= 0.3 is 0 Å². The minimum Gasteiger partial charge on any atom is -0.171 e. The van der Waals surface area contributed by atoms with Crippen molar-refractivity contribution >= 4 is 19.9 Å². The summed E-state index contributed by atoms with van der Waals surface area (Å²) < 4.78 is 0. The lowest BCUT2D eigenvalue weighted by atomic mass is 10.1. The number of hydrogen-bond donors (Lipinski definition) is 0. The Balaban J connectivity index is 2.76. The van der Waals surface area contributed by atoms with Crippen LogP contribution in [-0.4, -0.2) is 8.83 Å². The molecule has 2 radical (unpaired) electrons. The largest absolute Gasteiger partial charge is 0.171 e. The van der Waals surface area contributed by atoms with Crippen molar-refractivity contribution in [1.82, 2.24) is 0 Å². The van der Waals surface area contributed by atoms with Gasteiger partial charge in [0.15, 0.2) is 8.83 Å². The fraction of sp³-hybridized carbons (Fsp3) is 1.00. The van der Waals surface area contributed by atoms with Gasteiger partial charge in [0, 0.05) is 0 Å². The molecular formula is C11H23ClSi. The fourth-order valence-corrected chi connectivity index (χ4v) is 2.29. The van der Waals surface area contributed by atoms with E-state index in [-0.39, 0.29) is 0 Å². The van der Waals surface area contributed by atoms with Gasteiger partial charge in [0.25, 0.3) is 0 Å². The normalized spacial score (nSPS) is 10.6. The van der Waals surface area contributed by atoms with E-state index in [1.54, 1.807) is 0 Å². The summed E-state index contributed by atoms with van der Waals surface area (Å²) >= 11 is 5.63. The van der Waals surface area contributed by atoms with Crippen LogP contribution in [0.4, 0.5) is 0 Å². The SMILES string of the molecule is CCCCCCCCCCC[Si]Cl. The van der Waals surface area contributed by atoms with Crippen LogP contribution in [0.2, 0.25) is 6.04 Å². The molecule has 0 bridgehead atoms. The average molecular weight is 219 g/mol. The second-order valence-corrected chi connectivity index (χ2v) is 5.28. The molecule has 78 valence electrons. The first-order chi connectivity index (χ1) is 6.41. The van der Waals surface area contributed by atoms with Gasteiger partial charge in [0.2, 0.25) is 0 Å². The van der Waals surface area contributed by atoms with Crippen molar-refractivity contribution in [2.45, 2.75) is 70.8 Å². The summed E-state index contributed by atoms with van der Waals surface area (Å²) in [6, 6.07) is 1.23. The zero-order valence-corrected chi connectivity index (χ0v) is 10.7. The predicted octanol–water partition coefficient (Wildman–Crippen LogP) is 4.79. The monoisotopic (exact) mass is 218 g/mol. The Bertz CT molecular complexity index is 76.2. The average Bonchev–Trinajstić information content (AvgIpc) is 2.16. The molecule has 13 heavy (non-hydrogen) atoms. The maximum absolute atomic E-state index is 5.63. The third kappa shape index (κ3) is 12.5. The van der Waals surface area contributed by atoms with Gasteiger partial charge < -0.3 is 0 Å². The van der Waals surface area contributed by atoms with Gasteiger partial charge in [0.05, 0.1) is 0 Å². The summed E-state index contributed by atoms with van der Waals surface area (Å²) in [5.41, 5.74) is 0. The Kier molecular flexibility index (Phi) is 13.0. The van der Waals surface area contributed by atoms with E-state index >= 15 is 0 Å². The molecule has 0 saturated carbocycles. The molecule has 0 rings (SSSR count). The second kappa shape index (κ2) is 12.5. The Morgan fingerprint density at radius 3 is 1.69 bits per heavy atom. The Morgan fingerprint density at radius 1 is 0.769 bits per heavy atom. The number of rotatable bonds is 10. The first kappa shape index (κ1) is 13.5. The molecule has 0 aromatic heterocycles. The van der Waals surface area contributed by atoms with E-state index in [0.29, 0.717) is 8.83 Å². The Morgan fingerprint density at radius 2 is 1.23 bits per heavy atom. The van der Waals surface area contributed by atoms with Gasteiger partial charge in [-0.15, -0.1) is 0 Å². The van der Waals surface area contributed by atoms with Crippen LogP contribution in [0.5, 0.6) is 0 Å². The lowest BCUT2D eigenvalue weighted by molar-refractivity contribution is 0.572. The summed E-state index contributed by atoms with van der Waals surface area (Å²) in [7, 11) is 0.642. The van der Waals surface area contributed by atoms with Gasteiger partial charge in [-0.1, -0.05) is 64.7 Å². The van der Waals surface area contributed by atoms with E-state index in [0.717, 1.165) is 0 Å². The topological polar surface area (TPSA) is 0 Å². The first-order valence-electron chi connectivity index (χ1n) is 5.75. The molecule has 0 atom stereocenters. The van der Waals surface area contributed by atoms with Crippen molar-refractivity contribution < 1.29 is 0 Å². The molecule has 0 heterocycles. The first-order valence-corrected chi connectivity index (χ1v) is 7.97. The van der Waals surface area contributed by atoms with Crippen LogP contribution in [0, 0.1) is 0 Å². The van der Waals surface area contributed by atoms with Crippen LogP contribution >= 0.6 is 11.1 Å². The van der Waals surface area contributed by atoms with Gasteiger partial charge in [-0.2, -0.15) is 11.1 Å². The molecule has 0 saturated heterocycles. The van der Waals surface area contributed by atoms with Gasteiger partial charge in [-0.25, -0.2) is 0 Å². The summed E-state index contributed by atoms with van der Waals surface area (Å²) in [6.07, 6.45) is 12.7. The molecule has 0 aliphatic carbocycles. The molecule has 0 aromatic carbocycles. The van der Waals surface area contributed by atoms with Gasteiger partial charge in [-0.3, -0.25) is 0 Å². The second-order valence-electron chi connectivity index (χ2n) is 3.71. The quantitative estimate of drug-likeness (QED) is 0.281. The lowest BCUT2D eigenvalue weighted by Gasteiger charge is -2.00. The molecule has 0 nitrogen and oxygen atoms in total. The zero-order chi connectivity index (χ0) is 9.78. The molecule has 0 aliphatic rings. The van der Waals surface area contributed by atoms with Crippen LogP contribution in [0.1, 0.15) is 64.7 Å². The minimum absolute atomic E-state index is 0.642. The third-order valence-corrected chi connectivity index (χ3v) is 3.48. The highest BCUT2D eigenvalue weighted by molar-refractivity contribution is 6.93. The van der Waals surface area contributed by atoms with Crippen LogP contribution < -0.4 is 0 Å². The van der Waals surface area contributed by atoms with Crippen molar-refractivity contribution in [3.63, 3.8) is 0 Å². The molecule has 0 unspecified atom stereocenters. The van der Waals surface area contributed by atoms with Gasteiger partial charge in [-0.05, 0) is 6.04 Å². The minimum atomic E-state index is 0.642. The van der Waals surface area contributed by atoms with Crippen molar-refractivity contribution in [3.05, 3.63) is 0 Å². The van der Waals surface area contributed by atoms with E-state index in [4.69, 9.17) is 11.1 Å². The number of halogens is 1. The fourth-order valence-electron chi connectivity index (χ4n) is 1.50. The number of hydrogen-bond acceptors (Lipinski definition) is 0. The molecule has 0 N–H and O–H groups in total. The smallest absolute Gasteiger partial charge is 0.171 e. The van der Waals surface area contributed by atoms with Crippen molar-refractivity contribution in [3.8, 4) is 0 Å². The highest BCUT2D eigenvalue weighted by Crippen LogP contribution is 2.10. The molecule has 0 amide bonds. The Hall–Kier alpha value is 0.507. The van der Waals surface area contributed by atoms with E-state index in [1.807, 2.05) is 0 Å². The molecule has 0 aliphatic heterocycles. The summed E-state index contributed by atoms with van der Waals surface area (Å²) in [5, 5.41) is 0. The number of unbranched alkanes of at least 4 members (excludes halogenated alkanes) is 8. The highest BCUT2D eigenvalue weighted by atomic mass is 35.6. The van der Waals surface area contributed by atoms with Crippen LogP contribution in [0.25, 0.3) is 0 Å². The highest BCUT2D eigenvalue weighted by Gasteiger charge is 1.91. The van der Waals surface area contributed by atoms with Crippen LogP contribution in [0.15, 0.2) is 0 Å². The van der Waals surface area contributed by atoms with Crippen molar-refractivity contribution in [2.24, 2.45) is 0 Å². The Labute approximate surface area is 91.0 Å². The van der Waals surface area contributed by atoms with E-state index in [9.17, 15) is 0 Å². The van der Waals surface area contributed by atoms with E-state index < -0.39 is 0 Å². The molecule has 0 fully saturated rings. The standard InChI is InChI=1S/C11H23ClSi/c1-2-3-4-5-6-7-8-9-10-11-13-12/h2-11H2,1H3. The zero-order valence-electron chi connectivity index (χ0n) is 8.95. The lowest BCUT2D eigenvalue weighted by Crippen LogP contribution is -1.82. The van der Waals surface area contributed by atoms with Crippen molar-refractivity contribution in [1.29, 1.82) is 0 Å². The summed E-state index contributed by atoms with van der Waals surface area (Å²) in [6.45, 7) is 2.27. The molecular weight excluding hydrogens is 196 g/mol. The maximum Gasteiger partial charge on any atom is 0.171 e.